The zero-order chi connectivity index (χ0) is 83.4. The Morgan fingerprint density at radius 1 is 0.393 bits per heavy atom. The van der Waals surface area contributed by atoms with E-state index in [1.807, 2.05) is 144 Å². The van der Waals surface area contributed by atoms with Gasteiger partial charge in [0.25, 0.3) is 0 Å². The first-order valence-electron chi connectivity index (χ1n) is 38.7. The Morgan fingerprint density at radius 2 is 0.803 bits per heavy atom. The van der Waals surface area contributed by atoms with Crippen molar-refractivity contribution in [2.75, 3.05) is 39.6 Å². The zero-order valence-corrected chi connectivity index (χ0v) is 68.1. The van der Waals surface area contributed by atoms with Crippen LogP contribution in [0.5, 0.6) is 0 Å². The Kier molecular flexibility index (Phi) is 28.5. The molecule has 25 nitrogen and oxygen atoms in total. The Bertz CT molecular complexity index is 5340. The number of aliphatic hydroxyl groups excluding tert-OH is 15. The minimum absolute atomic E-state index is 0.128. The van der Waals surface area contributed by atoms with E-state index in [4.69, 9.17) is 83.5 Å². The molecule has 6 fully saturated rings. The lowest BCUT2D eigenvalue weighted by Gasteiger charge is -2.34. The highest BCUT2D eigenvalue weighted by molar-refractivity contribution is 7.72. The molecule has 0 aliphatic carbocycles. The van der Waals surface area contributed by atoms with Crippen LogP contribution in [0.1, 0.15) is 99.6 Å². The van der Waals surface area contributed by atoms with Crippen LogP contribution in [-0.2, 0) is 28.4 Å². The van der Waals surface area contributed by atoms with Crippen molar-refractivity contribution in [2.24, 2.45) is 0 Å². The van der Waals surface area contributed by atoms with Crippen LogP contribution in [-0.4, -0.2) is 239 Å². The average Bonchev–Trinajstić information content (AvgIpc) is 1.81. The van der Waals surface area contributed by atoms with Crippen LogP contribution >= 0.6 is 47.1 Å². The summed E-state index contributed by atoms with van der Waals surface area (Å²) in [7, 11) is 0. The van der Waals surface area contributed by atoms with Crippen LogP contribution in [0, 0.1) is 37.0 Å². The van der Waals surface area contributed by atoms with E-state index >= 15 is 0 Å². The quantitative estimate of drug-likeness (QED) is 0.0507. The van der Waals surface area contributed by atoms with E-state index in [1.165, 1.54) is 27.7 Å². The fraction of sp³-hybridized carbons (Fsp3) is 0.386. The molecule has 10 aromatic rings. The third-order valence-corrected chi connectivity index (χ3v) is 25.4. The smallest absolute Gasteiger partial charge is 0.164 e. The van der Waals surface area contributed by atoms with Crippen molar-refractivity contribution in [3.05, 3.63) is 247 Å². The van der Waals surface area contributed by atoms with E-state index in [0.29, 0.717) is 29.6 Å². The van der Waals surface area contributed by atoms with E-state index in [2.05, 4.69) is 75.5 Å². The first-order chi connectivity index (χ1) is 56.3. The highest BCUT2D eigenvalue weighted by Gasteiger charge is 2.48. The summed E-state index contributed by atoms with van der Waals surface area (Å²) >= 11 is 14.0. The molecule has 622 valence electrons. The summed E-state index contributed by atoms with van der Waals surface area (Å²) in [6, 6.07) is 44.6. The largest absolute Gasteiger partial charge is 0.394 e. The zero-order valence-electron chi connectivity index (χ0n) is 64.8. The Labute approximate surface area is 694 Å². The number of hydrogen-bond acceptors (Lipinski definition) is 27. The standard InChI is InChI=1S/C16H19NO4.C16H19NO3.C16H18O4.C16H18O3.C12H13NO4S2.C12H13NO3S2/c1-9-3-4-12-10(2)17(6-5-11(12)7-9)16-15(20)14(19)13(8-18)21-16;1-10-3-4-13-11(2)17(6-5-12(13)7-10)16-8-14(19)15(9-18)20-16;1-9-6-10-4-2-3-5-11(10)7-12(9)16-15(19)14(18)13(8-17)20-16;1-10-6-11-4-2-3-5-12(11)7-13(10)15-8-14(18)16(9-17)19-15;14-5-7-8(15)9(16)11(17-7)13-3-1-6-2-4-19-10(6)12(13)18;14-6-9-8(15)5-10(16-9)13-3-1-7-2-4-18-11(7)12(13)17/h3-7,13-16,18-20H,2,8H2,1H3;3-7,14-16,18-19H,2,8-9H2,1H3;2-7,13-19H,8H2,1H3;2-7,14-18H,8-9H2,1H3;1-4,7-9,11,14-16H,5H2;1-4,8-10,14-15H,5-6H2/t13-,14?,15+,16-;14?,15-,16-;13-,14?,15+,16+;14?,15-,16-;7-,8?,9+,11-;8?,9-,10-/m111111/s1. The molecule has 4 aromatic heterocycles. The molecule has 21 atom stereocenters. The van der Waals surface area contributed by atoms with E-state index in [1.54, 1.807) is 33.2 Å². The minimum Gasteiger partial charge on any atom is -0.394 e. The summed E-state index contributed by atoms with van der Waals surface area (Å²) < 4.78 is 40.4. The van der Waals surface area contributed by atoms with E-state index in [-0.39, 0.29) is 58.2 Å². The topological polar surface area (TPSA) is 375 Å². The molecule has 0 radical (unpaired) electrons. The molecule has 18 rings (SSSR count). The van der Waals surface area contributed by atoms with Crippen LogP contribution in [0.4, 0.5) is 0 Å². The summed E-state index contributed by atoms with van der Waals surface area (Å²) in [6.07, 6.45) is -2.26. The lowest BCUT2D eigenvalue weighted by atomic mass is 9.94. The van der Waals surface area contributed by atoms with Gasteiger partial charge in [-0.15, -0.1) is 22.7 Å². The van der Waals surface area contributed by atoms with Gasteiger partial charge in [-0.3, -0.25) is 0 Å². The van der Waals surface area contributed by atoms with Crippen LogP contribution in [0.2, 0.25) is 0 Å². The first-order valence-corrected chi connectivity index (χ1v) is 41.2. The second kappa shape index (κ2) is 38.3. The molecule has 12 heterocycles. The Morgan fingerprint density at radius 3 is 1.30 bits per heavy atom. The van der Waals surface area contributed by atoms with Crippen LogP contribution in [0.3, 0.4) is 0 Å². The Hall–Kier alpha value is -7.78. The van der Waals surface area contributed by atoms with Gasteiger partial charge in [0.1, 0.15) is 101 Å². The first kappa shape index (κ1) is 87.0. The van der Waals surface area contributed by atoms with Crippen molar-refractivity contribution in [1.29, 1.82) is 0 Å². The average molecular weight is 1680 g/mol. The second-order valence-corrected chi connectivity index (χ2v) is 32.8. The number of nitrogens with zero attached hydrogens (tertiary/aromatic N) is 4. The number of fused-ring (bicyclic) bond motifs is 6. The minimum atomic E-state index is -1.11. The number of benzene rings is 6. The van der Waals surface area contributed by atoms with Gasteiger partial charge < -0.3 is 124 Å². The second-order valence-electron chi connectivity index (χ2n) is 30.2. The third-order valence-electron chi connectivity index (χ3n) is 22.4. The maximum absolute atomic E-state index is 10.1. The van der Waals surface area contributed by atoms with Crippen LogP contribution < -0.4 is 0 Å². The molecule has 6 saturated heterocycles. The summed E-state index contributed by atoms with van der Waals surface area (Å²) in [4.78, 5) is 3.62. The molecule has 0 saturated carbocycles. The molecule has 29 heteroatoms. The van der Waals surface area contributed by atoms with Crippen molar-refractivity contribution >= 4 is 112 Å². The van der Waals surface area contributed by atoms with Gasteiger partial charge in [0.05, 0.1) is 73.5 Å². The monoisotopic (exact) mass is 1680 g/mol. The number of aliphatic hydroxyl groups is 15. The molecule has 6 aromatic carbocycles. The van der Waals surface area contributed by atoms with Crippen molar-refractivity contribution in [3.63, 3.8) is 0 Å². The molecule has 8 aliphatic heterocycles. The van der Waals surface area contributed by atoms with Crippen molar-refractivity contribution < 1.29 is 105 Å². The summed E-state index contributed by atoms with van der Waals surface area (Å²) in [5, 5.41) is 155. The highest BCUT2D eigenvalue weighted by atomic mass is 32.1. The van der Waals surface area contributed by atoms with Crippen LogP contribution in [0.25, 0.3) is 65.3 Å². The predicted molar refractivity (Wildman–Crippen MR) is 452 cm³/mol. The SMILES string of the molecule is C=C1c2ccc(C)cc2C=CN1[C@@H]1O[C@H](CO)C(O)[C@@H]1O.C=C1c2ccc(C)cc2C=CN1[C@H]1CC(O)[C@@H](CO)O1.Cc1cc2ccccc2cc1[C@@H]1O[C@H](CO)C(O)[C@@H]1O.Cc1cc2ccccc2cc1[C@H]1CC(O)[C@@H](CO)O1.OC[C@H]1O[C@@H](n2ccc3ccsc3c2=S)CC1O.OC[C@H]1O[C@@H](n2ccc3ccsc3c2=S)[C@@H](O)C1O. The molecular formula is C88H100N4O21S4. The molecule has 6 unspecified atom stereocenters. The summed E-state index contributed by atoms with van der Waals surface area (Å²) in [5.41, 5.74) is 12.3. The molecule has 117 heavy (non-hydrogen) atoms. The third kappa shape index (κ3) is 18.6. The van der Waals surface area contributed by atoms with Gasteiger partial charge in [0.2, 0.25) is 0 Å². The fourth-order valence-electron chi connectivity index (χ4n) is 15.8. The van der Waals surface area contributed by atoms with Gasteiger partial charge in [-0.05, 0) is 153 Å². The lowest BCUT2D eigenvalue weighted by molar-refractivity contribution is -0.0613. The molecule has 15 N–H and O–H groups in total. The maximum atomic E-state index is 10.1. The predicted octanol–water partition coefficient (Wildman–Crippen LogP) is 9.16. The number of aryl methyl sites for hydroxylation is 4. The summed E-state index contributed by atoms with van der Waals surface area (Å²) in [5.74, 6) is 0. The number of aromatic nitrogens is 2. The van der Waals surface area contributed by atoms with Gasteiger partial charge >= 0.3 is 0 Å². The number of hydrogen-bond donors (Lipinski definition) is 15. The normalized spacial score (nSPS) is 29.5. The van der Waals surface area contributed by atoms with Crippen molar-refractivity contribution in [3.8, 4) is 0 Å². The molecule has 0 spiro atoms. The van der Waals surface area contributed by atoms with Crippen LogP contribution in [0.15, 0.2) is 182 Å². The lowest BCUT2D eigenvalue weighted by Crippen LogP contribution is -2.41. The van der Waals surface area contributed by atoms with Gasteiger partial charge in [-0.1, -0.05) is 146 Å². The van der Waals surface area contributed by atoms with Gasteiger partial charge in [-0.25, -0.2) is 0 Å². The van der Waals surface area contributed by atoms with Gasteiger partial charge in [0.15, 0.2) is 12.5 Å². The molecule has 0 amide bonds. The maximum Gasteiger partial charge on any atom is 0.164 e. The van der Waals surface area contributed by atoms with Crippen molar-refractivity contribution in [2.45, 2.75) is 176 Å². The van der Waals surface area contributed by atoms with Gasteiger partial charge in [0, 0.05) is 66.6 Å². The highest BCUT2D eigenvalue weighted by Crippen LogP contribution is 2.42. The van der Waals surface area contributed by atoms with Gasteiger partial charge in [-0.2, -0.15) is 0 Å². The Balaban J connectivity index is 0.000000122. The van der Waals surface area contributed by atoms with Crippen molar-refractivity contribution in [1.82, 2.24) is 18.9 Å². The van der Waals surface area contributed by atoms with E-state index in [9.17, 15) is 46.0 Å². The molecule has 8 aliphatic rings. The number of ether oxygens (including phenoxy) is 6. The molecule has 0 bridgehead atoms. The molecular weight excluding hydrogens is 1580 g/mol. The number of pyridine rings is 2. The number of rotatable bonds is 12. The van der Waals surface area contributed by atoms with E-state index in [0.717, 1.165) is 91.4 Å². The summed E-state index contributed by atoms with van der Waals surface area (Å²) in [6.45, 7) is 14.8. The van der Waals surface area contributed by atoms with E-state index < -0.39 is 110 Å². The fourth-order valence-corrected chi connectivity index (χ4v) is 18.3. The number of thiophene rings is 2.